The van der Waals surface area contributed by atoms with Gasteiger partial charge in [0.1, 0.15) is 12.4 Å². The van der Waals surface area contributed by atoms with Crippen LogP contribution in [0.2, 0.25) is 0 Å². The minimum absolute atomic E-state index is 0.561. The highest BCUT2D eigenvalue weighted by Gasteiger charge is 2.05. The molecule has 1 heterocycles. The van der Waals surface area contributed by atoms with Gasteiger partial charge in [-0.3, -0.25) is 0 Å². The fourth-order valence-corrected chi connectivity index (χ4v) is 1.92. The maximum Gasteiger partial charge on any atom is 0.181 e. The molecule has 100 valence electrons. The van der Waals surface area contributed by atoms with Crippen LogP contribution in [-0.2, 0) is 13.7 Å². The number of aryl methyl sites for hydroxylation is 1. The third-order valence-corrected chi connectivity index (χ3v) is 2.98. The zero-order valence-corrected chi connectivity index (χ0v) is 11.1. The topological polar surface area (TPSA) is 52.8 Å². The molecular formula is C15H14N4O. The summed E-state index contributed by atoms with van der Waals surface area (Å²) in [6.45, 7) is 0.561. The number of rotatable bonds is 4. The maximum atomic E-state index is 5.74. The Morgan fingerprint density at radius 3 is 2.40 bits per heavy atom. The molecule has 0 aliphatic rings. The van der Waals surface area contributed by atoms with Crippen LogP contribution in [0.15, 0.2) is 54.6 Å². The standard InChI is InChI=1S/C15H14N4O/c1-19-15(16-17-18-19)13-7-9-14(10-8-13)20-11-12-5-3-2-4-6-12/h2-10H,11H2,1H3. The summed E-state index contributed by atoms with van der Waals surface area (Å²) in [4.78, 5) is 0. The van der Waals surface area contributed by atoms with E-state index in [2.05, 4.69) is 15.5 Å². The van der Waals surface area contributed by atoms with Crippen molar-refractivity contribution in [2.24, 2.45) is 7.05 Å². The Morgan fingerprint density at radius 1 is 1.00 bits per heavy atom. The van der Waals surface area contributed by atoms with Crippen molar-refractivity contribution < 1.29 is 4.74 Å². The molecule has 5 nitrogen and oxygen atoms in total. The quantitative estimate of drug-likeness (QED) is 0.728. The maximum absolute atomic E-state index is 5.74. The molecule has 3 aromatic rings. The van der Waals surface area contributed by atoms with Crippen LogP contribution in [-0.4, -0.2) is 20.2 Å². The summed E-state index contributed by atoms with van der Waals surface area (Å²) in [6.07, 6.45) is 0. The van der Waals surface area contributed by atoms with E-state index in [9.17, 15) is 0 Å². The number of aromatic nitrogens is 4. The molecule has 0 amide bonds. The van der Waals surface area contributed by atoms with Gasteiger partial charge in [0.05, 0.1) is 0 Å². The molecule has 0 unspecified atom stereocenters. The van der Waals surface area contributed by atoms with Gasteiger partial charge in [0.15, 0.2) is 5.82 Å². The molecule has 0 saturated heterocycles. The van der Waals surface area contributed by atoms with Crippen LogP contribution in [0.1, 0.15) is 5.56 Å². The van der Waals surface area contributed by atoms with Crippen molar-refractivity contribution >= 4 is 0 Å². The molecule has 0 N–H and O–H groups in total. The molecule has 0 radical (unpaired) electrons. The second kappa shape index (κ2) is 5.52. The van der Waals surface area contributed by atoms with Gasteiger partial charge in [0.25, 0.3) is 0 Å². The van der Waals surface area contributed by atoms with Gasteiger partial charge >= 0.3 is 0 Å². The van der Waals surface area contributed by atoms with Gasteiger partial charge in [0.2, 0.25) is 0 Å². The third kappa shape index (κ3) is 2.66. The average Bonchev–Trinajstić information content (AvgIpc) is 2.93. The first kappa shape index (κ1) is 12.3. The zero-order chi connectivity index (χ0) is 13.8. The van der Waals surface area contributed by atoms with E-state index in [1.807, 2.05) is 61.6 Å². The largest absolute Gasteiger partial charge is 0.489 e. The molecule has 20 heavy (non-hydrogen) atoms. The van der Waals surface area contributed by atoms with Crippen molar-refractivity contribution in [3.63, 3.8) is 0 Å². The minimum atomic E-state index is 0.561. The molecule has 0 atom stereocenters. The molecule has 2 aromatic carbocycles. The number of ether oxygens (including phenoxy) is 1. The first-order valence-corrected chi connectivity index (χ1v) is 6.32. The van der Waals surface area contributed by atoms with Crippen LogP contribution >= 0.6 is 0 Å². The molecule has 0 spiro atoms. The lowest BCUT2D eigenvalue weighted by molar-refractivity contribution is 0.306. The van der Waals surface area contributed by atoms with Crippen molar-refractivity contribution in [1.82, 2.24) is 20.2 Å². The van der Waals surface area contributed by atoms with Gasteiger partial charge in [0, 0.05) is 12.6 Å². The first-order valence-electron chi connectivity index (χ1n) is 6.32. The van der Waals surface area contributed by atoms with E-state index in [0.29, 0.717) is 6.61 Å². The average molecular weight is 266 g/mol. The normalized spacial score (nSPS) is 10.4. The second-order valence-corrected chi connectivity index (χ2v) is 4.42. The Bertz CT molecular complexity index is 677. The monoisotopic (exact) mass is 266 g/mol. The molecule has 0 aliphatic heterocycles. The fraction of sp³-hybridized carbons (Fsp3) is 0.133. The lowest BCUT2D eigenvalue weighted by atomic mass is 10.2. The molecule has 0 aliphatic carbocycles. The van der Waals surface area contributed by atoms with Crippen LogP contribution in [0.5, 0.6) is 5.75 Å². The fourth-order valence-electron chi connectivity index (χ4n) is 1.92. The Kier molecular flexibility index (Phi) is 3.41. The summed E-state index contributed by atoms with van der Waals surface area (Å²) >= 11 is 0. The van der Waals surface area contributed by atoms with Crippen LogP contribution in [0.4, 0.5) is 0 Å². The molecule has 0 saturated carbocycles. The molecule has 5 heteroatoms. The third-order valence-electron chi connectivity index (χ3n) is 2.98. The second-order valence-electron chi connectivity index (χ2n) is 4.42. The highest BCUT2D eigenvalue weighted by molar-refractivity contribution is 5.55. The summed E-state index contributed by atoms with van der Waals surface area (Å²) in [6, 6.07) is 17.8. The smallest absolute Gasteiger partial charge is 0.181 e. The number of nitrogens with zero attached hydrogens (tertiary/aromatic N) is 4. The first-order chi connectivity index (χ1) is 9.83. The molecule has 1 aromatic heterocycles. The molecule has 3 rings (SSSR count). The Labute approximate surface area is 116 Å². The van der Waals surface area contributed by atoms with E-state index in [1.54, 1.807) is 4.68 Å². The number of hydrogen-bond donors (Lipinski definition) is 0. The predicted octanol–water partition coefficient (Wildman–Crippen LogP) is 2.46. The SMILES string of the molecule is Cn1nnnc1-c1ccc(OCc2ccccc2)cc1. The van der Waals surface area contributed by atoms with Gasteiger partial charge < -0.3 is 4.74 Å². The van der Waals surface area contributed by atoms with Crippen LogP contribution in [0, 0.1) is 0 Å². The Morgan fingerprint density at radius 2 is 1.75 bits per heavy atom. The van der Waals surface area contributed by atoms with Crippen LogP contribution in [0.3, 0.4) is 0 Å². The van der Waals surface area contributed by atoms with Gasteiger partial charge in [-0.05, 0) is 40.3 Å². The number of tetrazole rings is 1. The summed E-state index contributed by atoms with van der Waals surface area (Å²) in [5, 5.41) is 11.4. The number of benzene rings is 2. The van der Waals surface area contributed by atoms with E-state index in [4.69, 9.17) is 4.74 Å². The summed E-state index contributed by atoms with van der Waals surface area (Å²) < 4.78 is 7.37. The summed E-state index contributed by atoms with van der Waals surface area (Å²) in [7, 11) is 1.81. The van der Waals surface area contributed by atoms with Gasteiger partial charge in [-0.25, -0.2) is 4.68 Å². The van der Waals surface area contributed by atoms with Crippen molar-refractivity contribution in [1.29, 1.82) is 0 Å². The molecule has 0 fully saturated rings. The van der Waals surface area contributed by atoms with Crippen LogP contribution in [0.25, 0.3) is 11.4 Å². The van der Waals surface area contributed by atoms with Gasteiger partial charge in [-0.1, -0.05) is 30.3 Å². The van der Waals surface area contributed by atoms with Crippen molar-refractivity contribution in [2.45, 2.75) is 6.61 Å². The lowest BCUT2D eigenvalue weighted by Gasteiger charge is -2.07. The van der Waals surface area contributed by atoms with Crippen molar-refractivity contribution in [3.05, 3.63) is 60.2 Å². The van der Waals surface area contributed by atoms with E-state index in [0.717, 1.165) is 22.7 Å². The highest BCUT2D eigenvalue weighted by atomic mass is 16.5. The zero-order valence-electron chi connectivity index (χ0n) is 11.1. The highest BCUT2D eigenvalue weighted by Crippen LogP contribution is 2.20. The van der Waals surface area contributed by atoms with Gasteiger partial charge in [-0.2, -0.15) is 0 Å². The predicted molar refractivity (Wildman–Crippen MR) is 75.0 cm³/mol. The Hall–Kier alpha value is -2.69. The van der Waals surface area contributed by atoms with E-state index < -0.39 is 0 Å². The minimum Gasteiger partial charge on any atom is -0.489 e. The lowest BCUT2D eigenvalue weighted by Crippen LogP contribution is -1.96. The van der Waals surface area contributed by atoms with Crippen LogP contribution < -0.4 is 4.74 Å². The van der Waals surface area contributed by atoms with E-state index >= 15 is 0 Å². The molecule has 0 bridgehead atoms. The number of hydrogen-bond acceptors (Lipinski definition) is 4. The molecular weight excluding hydrogens is 252 g/mol. The van der Waals surface area contributed by atoms with Crippen molar-refractivity contribution in [2.75, 3.05) is 0 Å². The summed E-state index contributed by atoms with van der Waals surface area (Å²) in [5.41, 5.74) is 2.11. The Balaban J connectivity index is 1.69. The van der Waals surface area contributed by atoms with Crippen molar-refractivity contribution in [3.8, 4) is 17.1 Å². The van der Waals surface area contributed by atoms with Gasteiger partial charge in [-0.15, -0.1) is 5.10 Å². The van der Waals surface area contributed by atoms with E-state index in [1.165, 1.54) is 0 Å². The van der Waals surface area contributed by atoms with E-state index in [-0.39, 0.29) is 0 Å². The summed E-state index contributed by atoms with van der Waals surface area (Å²) in [5.74, 6) is 1.56.